The molecule has 0 unspecified atom stereocenters. The van der Waals surface area contributed by atoms with E-state index in [-0.39, 0.29) is 18.2 Å². The molecule has 5 atom stereocenters. The van der Waals surface area contributed by atoms with Crippen molar-refractivity contribution < 1.29 is 24.2 Å². The summed E-state index contributed by atoms with van der Waals surface area (Å²) in [5.74, 6) is -0.883. The van der Waals surface area contributed by atoms with Gasteiger partial charge in [-0.3, -0.25) is 4.79 Å². The van der Waals surface area contributed by atoms with Gasteiger partial charge in [-0.25, -0.2) is 4.79 Å². The summed E-state index contributed by atoms with van der Waals surface area (Å²) < 4.78 is 11.4. The predicted molar refractivity (Wildman–Crippen MR) is 113 cm³/mol. The van der Waals surface area contributed by atoms with Gasteiger partial charge in [-0.1, -0.05) is 24.3 Å². The Hall–Kier alpha value is -2.50. The van der Waals surface area contributed by atoms with Gasteiger partial charge in [0.15, 0.2) is 6.29 Å². The summed E-state index contributed by atoms with van der Waals surface area (Å²) in [4.78, 5) is 26.3. The van der Waals surface area contributed by atoms with Gasteiger partial charge in [-0.2, -0.15) is 10.5 Å². The molecular formula is C20H21N3O5S2. The number of carbonyl (C=O) groups excluding carboxylic acids is 2. The van der Waals surface area contributed by atoms with Crippen molar-refractivity contribution >= 4 is 35.4 Å². The minimum Gasteiger partial charge on any atom is -0.455 e. The highest BCUT2D eigenvalue weighted by Gasteiger charge is 2.51. The zero-order valence-electron chi connectivity index (χ0n) is 16.2. The monoisotopic (exact) mass is 447 g/mol. The number of benzene rings is 1. The summed E-state index contributed by atoms with van der Waals surface area (Å²) >= 11 is 1.71. The molecule has 0 aliphatic carbocycles. The largest absolute Gasteiger partial charge is 0.455 e. The smallest absolute Gasteiger partial charge is 0.338 e. The number of aliphatic hydroxyl groups excluding tert-OH is 1. The number of nitrogens with zero attached hydrogens (tertiary/aromatic N) is 3. The molecule has 1 fully saturated rings. The third-order valence-electron chi connectivity index (χ3n) is 4.48. The van der Waals surface area contributed by atoms with Crippen LogP contribution in [0.15, 0.2) is 43.0 Å². The van der Waals surface area contributed by atoms with Gasteiger partial charge in [0.1, 0.15) is 22.9 Å². The maximum Gasteiger partial charge on any atom is 0.338 e. The molecule has 0 radical (unpaired) electrons. The molecule has 1 heterocycles. The van der Waals surface area contributed by atoms with Crippen LogP contribution in [0.4, 0.5) is 0 Å². The second kappa shape index (κ2) is 11.6. The van der Waals surface area contributed by atoms with Crippen LogP contribution in [0.2, 0.25) is 0 Å². The van der Waals surface area contributed by atoms with Crippen molar-refractivity contribution in [1.29, 1.82) is 10.5 Å². The third-order valence-corrected chi connectivity index (χ3v) is 6.05. The van der Waals surface area contributed by atoms with E-state index in [1.165, 1.54) is 17.9 Å². The molecule has 10 heteroatoms. The number of thioether (sulfide) groups is 2. The molecule has 1 aromatic carbocycles. The van der Waals surface area contributed by atoms with Crippen molar-refractivity contribution in [2.75, 3.05) is 12.3 Å². The fraction of sp³-hybridized carbons (Fsp3) is 0.400. The summed E-state index contributed by atoms with van der Waals surface area (Å²) in [7, 11) is 0. The van der Waals surface area contributed by atoms with Crippen molar-refractivity contribution in [3.8, 4) is 10.8 Å². The van der Waals surface area contributed by atoms with E-state index in [1.54, 1.807) is 30.3 Å². The van der Waals surface area contributed by atoms with Gasteiger partial charge in [0.2, 0.25) is 5.91 Å². The highest BCUT2D eigenvalue weighted by Crippen LogP contribution is 2.35. The van der Waals surface area contributed by atoms with Gasteiger partial charge in [-0.15, -0.1) is 6.58 Å². The lowest BCUT2D eigenvalue weighted by atomic mass is 9.97. The van der Waals surface area contributed by atoms with E-state index in [1.807, 2.05) is 10.8 Å². The average Bonchev–Trinajstić information content (AvgIpc) is 2.73. The van der Waals surface area contributed by atoms with Gasteiger partial charge >= 0.3 is 5.97 Å². The first kappa shape index (κ1) is 23.8. The zero-order chi connectivity index (χ0) is 22.1. The van der Waals surface area contributed by atoms with Crippen molar-refractivity contribution in [1.82, 2.24) is 4.90 Å². The highest BCUT2D eigenvalue weighted by atomic mass is 32.2. The molecule has 1 aliphatic heterocycles. The molecule has 158 valence electrons. The van der Waals surface area contributed by atoms with Crippen LogP contribution in [0.1, 0.15) is 17.3 Å². The maximum atomic E-state index is 12.8. The predicted octanol–water partition coefficient (Wildman–Crippen LogP) is 2.13. The summed E-state index contributed by atoms with van der Waals surface area (Å²) in [6.07, 6.45) is -1.81. The van der Waals surface area contributed by atoms with Crippen molar-refractivity contribution in [2.24, 2.45) is 0 Å². The molecule has 1 aromatic rings. The van der Waals surface area contributed by atoms with Crippen molar-refractivity contribution in [3.63, 3.8) is 0 Å². The lowest BCUT2D eigenvalue weighted by Crippen LogP contribution is -2.65. The van der Waals surface area contributed by atoms with Crippen LogP contribution in [0.25, 0.3) is 0 Å². The Labute approximate surface area is 183 Å². The summed E-state index contributed by atoms with van der Waals surface area (Å²) in [6.45, 7) is 5.03. The van der Waals surface area contributed by atoms with Crippen molar-refractivity contribution in [3.05, 3.63) is 48.6 Å². The molecule has 1 N–H and O–H groups in total. The van der Waals surface area contributed by atoms with E-state index < -0.39 is 35.8 Å². The Kier molecular flexibility index (Phi) is 9.21. The second-order valence-corrected chi connectivity index (χ2v) is 8.09. The van der Waals surface area contributed by atoms with E-state index in [0.29, 0.717) is 5.56 Å². The zero-order valence-corrected chi connectivity index (χ0v) is 17.8. The minimum atomic E-state index is -1.48. The highest BCUT2D eigenvalue weighted by molar-refractivity contribution is 8.05. The lowest BCUT2D eigenvalue weighted by molar-refractivity contribution is -0.220. The minimum absolute atomic E-state index is 0.0847. The first-order valence-corrected chi connectivity index (χ1v) is 10.8. The topological polar surface area (TPSA) is 124 Å². The molecule has 0 spiro atoms. The number of ether oxygens (including phenoxy) is 2. The second-order valence-electron chi connectivity index (χ2n) is 6.33. The van der Waals surface area contributed by atoms with Gasteiger partial charge < -0.3 is 19.5 Å². The Morgan fingerprint density at radius 3 is 2.60 bits per heavy atom. The van der Waals surface area contributed by atoms with Crippen molar-refractivity contribution in [2.45, 2.75) is 36.7 Å². The van der Waals surface area contributed by atoms with Gasteiger partial charge in [-0.05, 0) is 35.7 Å². The molecule has 8 nitrogen and oxygen atoms in total. The number of nitriles is 2. The fourth-order valence-electron chi connectivity index (χ4n) is 3.20. The quantitative estimate of drug-likeness (QED) is 0.362. The van der Waals surface area contributed by atoms with Crippen LogP contribution < -0.4 is 0 Å². The molecule has 1 aliphatic rings. The Morgan fingerprint density at radius 2 is 2.03 bits per heavy atom. The molecule has 0 bridgehead atoms. The van der Waals surface area contributed by atoms with E-state index in [2.05, 4.69) is 6.58 Å². The van der Waals surface area contributed by atoms with E-state index in [4.69, 9.17) is 14.7 Å². The molecule has 0 saturated carbocycles. The normalized spacial score (nSPS) is 25.4. The first-order valence-electron chi connectivity index (χ1n) is 8.97. The lowest BCUT2D eigenvalue weighted by Gasteiger charge is -2.47. The first-order chi connectivity index (χ1) is 14.4. The van der Waals surface area contributed by atoms with Crippen LogP contribution in [0.3, 0.4) is 0 Å². The summed E-state index contributed by atoms with van der Waals surface area (Å²) in [6, 6.07) is 7.22. The number of thiocyanates is 2. The van der Waals surface area contributed by atoms with Gasteiger partial charge in [0.05, 0.1) is 16.9 Å². The van der Waals surface area contributed by atoms with Crippen LogP contribution in [-0.4, -0.2) is 64.0 Å². The summed E-state index contributed by atoms with van der Waals surface area (Å²) in [5.41, 5.74) is 0.291. The molecule has 1 amide bonds. The number of carbonyl (C=O) groups is 2. The standard InChI is InChI=1S/C20H21N3O5S2/c1-3-9-23(13(2)24)16-17(28-19(25)14-7-5-4-6-8-14)18(30-12-22)15(10-29-11-21)27-20(16)26/h3-8,15-18,20,26H,1,9-10H2,2H3/t15-,16-,17-,18+,20+/m1/s1. The number of hydrogen-bond donors (Lipinski definition) is 1. The van der Waals surface area contributed by atoms with E-state index >= 15 is 0 Å². The molecule has 0 aromatic heterocycles. The number of rotatable bonds is 8. The van der Waals surface area contributed by atoms with E-state index in [0.717, 1.165) is 23.5 Å². The third kappa shape index (κ3) is 5.77. The van der Waals surface area contributed by atoms with E-state index in [9.17, 15) is 20.0 Å². The molecule has 1 saturated heterocycles. The van der Waals surface area contributed by atoms with Crippen LogP contribution in [0, 0.1) is 21.3 Å². The maximum absolute atomic E-state index is 12.8. The van der Waals surface area contributed by atoms with Crippen LogP contribution in [0.5, 0.6) is 0 Å². The Morgan fingerprint density at radius 1 is 1.33 bits per heavy atom. The number of amides is 1. The molecule has 2 rings (SSSR count). The SMILES string of the molecule is C=CCN(C(C)=O)[C@@H]1[C@@H](OC(=O)c2ccccc2)[C@@H](SC#N)[C@@H](CSC#N)O[C@@H]1O. The Balaban J connectivity index is 2.45. The van der Waals surface area contributed by atoms with Gasteiger partial charge in [0, 0.05) is 19.2 Å². The molecular weight excluding hydrogens is 426 g/mol. The van der Waals surface area contributed by atoms with Crippen LogP contribution in [-0.2, 0) is 14.3 Å². The fourth-order valence-corrected chi connectivity index (χ4v) is 4.63. The average molecular weight is 448 g/mol. The number of esters is 1. The Bertz CT molecular complexity index is 839. The number of hydrogen-bond acceptors (Lipinski definition) is 9. The summed E-state index contributed by atoms with van der Waals surface area (Å²) in [5, 5.41) is 32.1. The number of aliphatic hydroxyl groups is 1. The van der Waals surface area contributed by atoms with Crippen LogP contribution >= 0.6 is 23.5 Å². The van der Waals surface area contributed by atoms with Gasteiger partial charge in [0.25, 0.3) is 0 Å². The molecule has 30 heavy (non-hydrogen) atoms.